The van der Waals surface area contributed by atoms with Crippen molar-refractivity contribution in [2.75, 3.05) is 31.9 Å². The van der Waals surface area contributed by atoms with Crippen LogP contribution in [0.4, 0.5) is 10.2 Å². The van der Waals surface area contributed by atoms with Gasteiger partial charge >= 0.3 is 0 Å². The predicted molar refractivity (Wildman–Crippen MR) is 73.7 cm³/mol. The van der Waals surface area contributed by atoms with E-state index in [0.717, 1.165) is 25.7 Å². The fourth-order valence-electron chi connectivity index (χ4n) is 3.12. The molecule has 6 heteroatoms. The van der Waals surface area contributed by atoms with Crippen LogP contribution >= 0.6 is 0 Å². The Morgan fingerprint density at radius 1 is 1.35 bits per heavy atom. The number of likely N-dealkylation sites (tertiary alicyclic amines) is 2. The number of amides is 1. The highest BCUT2D eigenvalue weighted by molar-refractivity contribution is 5.98. The summed E-state index contributed by atoms with van der Waals surface area (Å²) in [5, 5.41) is 0. The summed E-state index contributed by atoms with van der Waals surface area (Å²) in [6.07, 6.45) is 4.49. The molecule has 0 radical (unpaired) electrons. The Bertz CT molecular complexity index is 516. The topological polar surface area (TPSA) is 62.5 Å². The normalized spacial score (nSPS) is 23.4. The van der Waals surface area contributed by atoms with Crippen LogP contribution in [0.2, 0.25) is 0 Å². The monoisotopic (exact) mass is 278 g/mol. The van der Waals surface area contributed by atoms with Crippen molar-refractivity contribution in [3.63, 3.8) is 0 Å². The van der Waals surface area contributed by atoms with Gasteiger partial charge in [0.15, 0.2) is 0 Å². The Balaban J connectivity index is 1.70. The van der Waals surface area contributed by atoms with Crippen LogP contribution in [0, 0.1) is 5.82 Å². The number of rotatable bonds is 2. The van der Waals surface area contributed by atoms with Gasteiger partial charge in [-0.15, -0.1) is 0 Å². The molecular formula is C14H19FN4O. The summed E-state index contributed by atoms with van der Waals surface area (Å²) in [7, 11) is 0. The Labute approximate surface area is 117 Å². The summed E-state index contributed by atoms with van der Waals surface area (Å²) in [4.78, 5) is 20.3. The molecule has 0 saturated carbocycles. The standard InChI is InChI=1S/C14H19FN4O/c15-10-7-12(13(16)17-8-10)14(20)19-6-3-11(9-19)18-4-1-2-5-18/h7-8,11H,1-6,9H2,(H2,16,17). The number of nitrogens with two attached hydrogens (primary N) is 1. The van der Waals surface area contributed by atoms with E-state index >= 15 is 0 Å². The first kappa shape index (κ1) is 13.3. The number of halogens is 1. The molecule has 2 fully saturated rings. The van der Waals surface area contributed by atoms with Crippen LogP contribution in [0.25, 0.3) is 0 Å². The first-order valence-electron chi connectivity index (χ1n) is 7.09. The van der Waals surface area contributed by atoms with Crippen molar-refractivity contribution in [1.82, 2.24) is 14.8 Å². The van der Waals surface area contributed by atoms with Crippen LogP contribution in [0.5, 0.6) is 0 Å². The third-order valence-electron chi connectivity index (χ3n) is 4.22. The van der Waals surface area contributed by atoms with Gasteiger partial charge in [0, 0.05) is 19.1 Å². The van der Waals surface area contributed by atoms with Gasteiger partial charge in [0.05, 0.1) is 11.8 Å². The first-order valence-corrected chi connectivity index (χ1v) is 7.09. The second-order valence-corrected chi connectivity index (χ2v) is 5.52. The lowest BCUT2D eigenvalue weighted by atomic mass is 10.2. The summed E-state index contributed by atoms with van der Waals surface area (Å²) < 4.78 is 13.2. The zero-order valence-corrected chi connectivity index (χ0v) is 11.4. The molecule has 0 spiro atoms. The van der Waals surface area contributed by atoms with Gasteiger partial charge in [-0.25, -0.2) is 9.37 Å². The van der Waals surface area contributed by atoms with Gasteiger partial charge in [-0.2, -0.15) is 0 Å². The lowest BCUT2D eigenvalue weighted by Crippen LogP contribution is -2.37. The molecule has 2 aliphatic rings. The van der Waals surface area contributed by atoms with Gasteiger partial charge in [0.1, 0.15) is 11.6 Å². The molecule has 3 heterocycles. The van der Waals surface area contributed by atoms with E-state index in [9.17, 15) is 9.18 Å². The van der Waals surface area contributed by atoms with Crippen LogP contribution in [0.15, 0.2) is 12.3 Å². The van der Waals surface area contributed by atoms with Crippen molar-refractivity contribution in [3.8, 4) is 0 Å². The molecule has 108 valence electrons. The van der Waals surface area contributed by atoms with Crippen LogP contribution in [-0.2, 0) is 0 Å². The summed E-state index contributed by atoms with van der Waals surface area (Å²) in [6.45, 7) is 3.65. The van der Waals surface area contributed by atoms with Gasteiger partial charge in [0.2, 0.25) is 0 Å². The molecule has 1 amide bonds. The largest absolute Gasteiger partial charge is 0.383 e. The number of hydrogen-bond acceptors (Lipinski definition) is 4. The van der Waals surface area contributed by atoms with Gasteiger partial charge in [-0.3, -0.25) is 9.69 Å². The minimum Gasteiger partial charge on any atom is -0.383 e. The van der Waals surface area contributed by atoms with E-state index in [-0.39, 0.29) is 17.3 Å². The van der Waals surface area contributed by atoms with Gasteiger partial charge in [-0.1, -0.05) is 0 Å². The van der Waals surface area contributed by atoms with Crippen LogP contribution < -0.4 is 5.73 Å². The van der Waals surface area contributed by atoms with Crippen molar-refractivity contribution in [2.45, 2.75) is 25.3 Å². The lowest BCUT2D eigenvalue weighted by molar-refractivity contribution is 0.0780. The number of carbonyl (C=O) groups excluding carboxylic acids is 1. The van der Waals surface area contributed by atoms with E-state index in [1.165, 1.54) is 18.9 Å². The second-order valence-electron chi connectivity index (χ2n) is 5.52. The minimum absolute atomic E-state index is 0.0982. The first-order chi connectivity index (χ1) is 9.65. The van der Waals surface area contributed by atoms with Crippen LogP contribution in [-0.4, -0.2) is 52.9 Å². The molecule has 1 aromatic rings. The molecule has 1 atom stereocenters. The third-order valence-corrected chi connectivity index (χ3v) is 4.22. The van der Waals surface area contributed by atoms with Crippen molar-refractivity contribution in [1.29, 1.82) is 0 Å². The summed E-state index contributed by atoms with van der Waals surface area (Å²) in [6, 6.07) is 1.61. The fraction of sp³-hybridized carbons (Fsp3) is 0.571. The summed E-state index contributed by atoms with van der Waals surface area (Å²) in [5.74, 6) is -0.643. The zero-order valence-electron chi connectivity index (χ0n) is 11.4. The highest BCUT2D eigenvalue weighted by Gasteiger charge is 2.32. The quantitative estimate of drug-likeness (QED) is 0.880. The minimum atomic E-state index is -0.530. The Hall–Kier alpha value is -1.69. The average molecular weight is 278 g/mol. The van der Waals surface area contributed by atoms with E-state index in [2.05, 4.69) is 9.88 Å². The predicted octanol–water partition coefficient (Wildman–Crippen LogP) is 1.11. The molecule has 1 unspecified atom stereocenters. The number of hydrogen-bond donors (Lipinski definition) is 1. The van der Waals surface area contributed by atoms with E-state index < -0.39 is 5.82 Å². The molecule has 0 aromatic carbocycles. The molecule has 2 saturated heterocycles. The van der Waals surface area contributed by atoms with Gasteiger partial charge < -0.3 is 10.6 Å². The number of pyridine rings is 1. The maximum atomic E-state index is 13.2. The molecule has 0 bridgehead atoms. The number of anilines is 1. The van der Waals surface area contributed by atoms with Crippen LogP contribution in [0.3, 0.4) is 0 Å². The maximum Gasteiger partial charge on any atom is 0.257 e. The number of nitrogen functional groups attached to an aromatic ring is 1. The van der Waals surface area contributed by atoms with E-state index in [0.29, 0.717) is 19.1 Å². The summed E-state index contributed by atoms with van der Waals surface area (Å²) >= 11 is 0. The van der Waals surface area contributed by atoms with E-state index in [1.54, 1.807) is 4.90 Å². The fourth-order valence-corrected chi connectivity index (χ4v) is 3.12. The van der Waals surface area contributed by atoms with Gasteiger partial charge in [0.25, 0.3) is 5.91 Å². The van der Waals surface area contributed by atoms with Crippen molar-refractivity contribution in [3.05, 3.63) is 23.6 Å². The van der Waals surface area contributed by atoms with Gasteiger partial charge in [-0.05, 0) is 38.4 Å². The molecule has 1 aromatic heterocycles. The number of nitrogens with zero attached hydrogens (tertiary/aromatic N) is 3. The highest BCUT2D eigenvalue weighted by Crippen LogP contribution is 2.23. The van der Waals surface area contributed by atoms with E-state index in [4.69, 9.17) is 5.73 Å². The van der Waals surface area contributed by atoms with Crippen molar-refractivity contribution < 1.29 is 9.18 Å². The maximum absolute atomic E-state index is 13.2. The smallest absolute Gasteiger partial charge is 0.257 e. The molecular weight excluding hydrogens is 259 g/mol. The van der Waals surface area contributed by atoms with E-state index in [1.807, 2.05) is 0 Å². The molecule has 20 heavy (non-hydrogen) atoms. The average Bonchev–Trinajstić information content (AvgIpc) is 3.10. The molecule has 0 aliphatic carbocycles. The third kappa shape index (κ3) is 2.47. The lowest BCUT2D eigenvalue weighted by Gasteiger charge is -2.23. The Morgan fingerprint density at radius 2 is 2.10 bits per heavy atom. The Morgan fingerprint density at radius 3 is 2.85 bits per heavy atom. The zero-order chi connectivity index (χ0) is 14.1. The van der Waals surface area contributed by atoms with Crippen molar-refractivity contribution >= 4 is 11.7 Å². The highest BCUT2D eigenvalue weighted by atomic mass is 19.1. The molecule has 3 rings (SSSR count). The molecule has 2 N–H and O–H groups in total. The molecule has 5 nitrogen and oxygen atoms in total. The SMILES string of the molecule is Nc1ncc(F)cc1C(=O)N1CCC(N2CCCC2)C1. The second kappa shape index (κ2) is 5.36. The van der Waals surface area contributed by atoms with Crippen molar-refractivity contribution in [2.24, 2.45) is 0 Å². The number of carbonyl (C=O) groups is 1. The van der Waals surface area contributed by atoms with Crippen LogP contribution in [0.1, 0.15) is 29.6 Å². The Kier molecular flexibility index (Phi) is 3.56. The number of aromatic nitrogens is 1. The molecule has 2 aliphatic heterocycles. The summed E-state index contributed by atoms with van der Waals surface area (Å²) in [5.41, 5.74) is 5.85.